The molecular weight excluding hydrogens is 324 g/mol. The van der Waals surface area contributed by atoms with Gasteiger partial charge in [-0.05, 0) is 50.6 Å². The maximum Gasteiger partial charge on any atom is 0.222 e. The molecule has 5 heteroatoms. The standard InChI is InChI=1S/C20H19F2NO2/c1-20(2,3)25-19-15-6-5-7-17(24-4)18(15)16(11-23-19)12-8-13(21)10-14(22)9-12/h5-11H,1-4H3. The number of benzene rings is 2. The molecule has 0 N–H and O–H groups in total. The highest BCUT2D eigenvalue weighted by Crippen LogP contribution is 2.39. The molecule has 130 valence electrons. The van der Waals surface area contributed by atoms with Gasteiger partial charge in [-0.25, -0.2) is 13.8 Å². The van der Waals surface area contributed by atoms with Gasteiger partial charge in [0.15, 0.2) is 0 Å². The Morgan fingerprint density at radius 1 is 1.00 bits per heavy atom. The molecule has 0 fully saturated rings. The molecule has 0 aliphatic rings. The molecule has 0 unspecified atom stereocenters. The van der Waals surface area contributed by atoms with Crippen molar-refractivity contribution in [3.05, 3.63) is 54.2 Å². The molecule has 0 bridgehead atoms. The Kier molecular flexibility index (Phi) is 4.33. The average Bonchev–Trinajstić information content (AvgIpc) is 2.52. The number of pyridine rings is 1. The topological polar surface area (TPSA) is 31.4 Å². The van der Waals surface area contributed by atoms with Crippen LogP contribution in [0.5, 0.6) is 11.6 Å². The summed E-state index contributed by atoms with van der Waals surface area (Å²) in [6.45, 7) is 5.78. The number of rotatable bonds is 3. The fraction of sp³-hybridized carbons (Fsp3) is 0.250. The van der Waals surface area contributed by atoms with E-state index < -0.39 is 17.2 Å². The number of hydrogen-bond donors (Lipinski definition) is 0. The molecule has 25 heavy (non-hydrogen) atoms. The fourth-order valence-corrected chi connectivity index (χ4v) is 2.71. The fourth-order valence-electron chi connectivity index (χ4n) is 2.71. The van der Waals surface area contributed by atoms with Crippen LogP contribution in [0.3, 0.4) is 0 Å². The normalized spacial score (nSPS) is 11.6. The first-order valence-corrected chi connectivity index (χ1v) is 7.90. The summed E-state index contributed by atoms with van der Waals surface area (Å²) in [5.74, 6) is -0.263. The summed E-state index contributed by atoms with van der Waals surface area (Å²) in [7, 11) is 1.55. The van der Waals surface area contributed by atoms with Crippen molar-refractivity contribution in [2.24, 2.45) is 0 Å². The molecule has 0 amide bonds. The molecule has 0 aliphatic heterocycles. The number of aromatic nitrogens is 1. The lowest BCUT2D eigenvalue weighted by molar-refractivity contribution is 0.126. The maximum absolute atomic E-state index is 13.7. The Bertz CT molecular complexity index is 913. The second kappa shape index (κ2) is 6.31. The van der Waals surface area contributed by atoms with Crippen molar-refractivity contribution in [3.8, 4) is 22.8 Å². The van der Waals surface area contributed by atoms with Gasteiger partial charge in [0.2, 0.25) is 5.88 Å². The van der Waals surface area contributed by atoms with E-state index in [4.69, 9.17) is 9.47 Å². The maximum atomic E-state index is 13.7. The lowest BCUT2D eigenvalue weighted by Crippen LogP contribution is -2.23. The molecule has 0 aliphatic carbocycles. The van der Waals surface area contributed by atoms with Gasteiger partial charge >= 0.3 is 0 Å². The highest BCUT2D eigenvalue weighted by atomic mass is 19.1. The third-order valence-electron chi connectivity index (χ3n) is 3.63. The quantitative estimate of drug-likeness (QED) is 0.641. The van der Waals surface area contributed by atoms with Crippen LogP contribution in [0.2, 0.25) is 0 Å². The van der Waals surface area contributed by atoms with E-state index >= 15 is 0 Å². The number of methoxy groups -OCH3 is 1. The zero-order valence-electron chi connectivity index (χ0n) is 14.6. The summed E-state index contributed by atoms with van der Waals surface area (Å²) in [6.07, 6.45) is 1.56. The molecule has 0 saturated carbocycles. The van der Waals surface area contributed by atoms with Gasteiger partial charge in [0.05, 0.1) is 7.11 Å². The van der Waals surface area contributed by atoms with Crippen LogP contribution >= 0.6 is 0 Å². The number of nitrogens with zero attached hydrogens (tertiary/aromatic N) is 1. The van der Waals surface area contributed by atoms with Crippen molar-refractivity contribution < 1.29 is 18.3 Å². The van der Waals surface area contributed by atoms with E-state index in [1.807, 2.05) is 32.9 Å². The Hall–Kier alpha value is -2.69. The van der Waals surface area contributed by atoms with Crippen molar-refractivity contribution in [3.63, 3.8) is 0 Å². The van der Waals surface area contributed by atoms with Crippen LogP contribution in [0.25, 0.3) is 21.9 Å². The number of ether oxygens (including phenoxy) is 2. The SMILES string of the molecule is COc1cccc2c(OC(C)(C)C)ncc(-c3cc(F)cc(F)c3)c12. The zero-order valence-corrected chi connectivity index (χ0v) is 14.6. The van der Waals surface area contributed by atoms with Gasteiger partial charge in [0.25, 0.3) is 0 Å². The average molecular weight is 343 g/mol. The van der Waals surface area contributed by atoms with E-state index in [1.54, 1.807) is 19.4 Å². The molecule has 0 radical (unpaired) electrons. The summed E-state index contributed by atoms with van der Waals surface area (Å²) < 4.78 is 38.8. The molecule has 0 saturated heterocycles. The van der Waals surface area contributed by atoms with E-state index in [1.165, 1.54) is 12.1 Å². The minimum absolute atomic E-state index is 0.391. The van der Waals surface area contributed by atoms with Gasteiger partial charge in [-0.3, -0.25) is 0 Å². The summed E-state index contributed by atoms with van der Waals surface area (Å²) >= 11 is 0. The van der Waals surface area contributed by atoms with E-state index in [9.17, 15) is 8.78 Å². The van der Waals surface area contributed by atoms with Crippen LogP contribution < -0.4 is 9.47 Å². The van der Waals surface area contributed by atoms with E-state index in [-0.39, 0.29) is 0 Å². The predicted octanol–water partition coefficient (Wildman–Crippen LogP) is 5.37. The molecule has 0 spiro atoms. The number of halogens is 2. The van der Waals surface area contributed by atoms with E-state index in [2.05, 4.69) is 4.98 Å². The summed E-state index contributed by atoms with van der Waals surface area (Å²) in [4.78, 5) is 4.38. The van der Waals surface area contributed by atoms with Gasteiger partial charge in [-0.1, -0.05) is 6.07 Å². The summed E-state index contributed by atoms with van der Waals surface area (Å²) in [5, 5.41) is 1.42. The largest absolute Gasteiger partial charge is 0.496 e. The lowest BCUT2D eigenvalue weighted by atomic mass is 9.99. The highest BCUT2D eigenvalue weighted by molar-refractivity contribution is 6.02. The van der Waals surface area contributed by atoms with Crippen molar-refractivity contribution in [1.82, 2.24) is 4.98 Å². The second-order valence-corrected chi connectivity index (χ2v) is 6.73. The Labute approximate surface area is 145 Å². The van der Waals surface area contributed by atoms with Gasteiger partial charge in [0, 0.05) is 28.6 Å². The van der Waals surface area contributed by atoms with Gasteiger partial charge in [-0.2, -0.15) is 0 Å². The first-order valence-electron chi connectivity index (χ1n) is 7.90. The minimum Gasteiger partial charge on any atom is -0.496 e. The van der Waals surface area contributed by atoms with Crippen LogP contribution in [0, 0.1) is 11.6 Å². The van der Waals surface area contributed by atoms with Crippen molar-refractivity contribution in [2.75, 3.05) is 7.11 Å². The van der Waals surface area contributed by atoms with Crippen LogP contribution in [0.15, 0.2) is 42.6 Å². The van der Waals surface area contributed by atoms with Crippen molar-refractivity contribution in [2.45, 2.75) is 26.4 Å². The molecular formula is C20H19F2NO2. The highest BCUT2D eigenvalue weighted by Gasteiger charge is 2.19. The Morgan fingerprint density at radius 2 is 1.68 bits per heavy atom. The van der Waals surface area contributed by atoms with Crippen LogP contribution in [0.4, 0.5) is 8.78 Å². The minimum atomic E-state index is -0.645. The third kappa shape index (κ3) is 3.55. The molecule has 3 aromatic rings. The second-order valence-electron chi connectivity index (χ2n) is 6.73. The molecule has 0 atom stereocenters. The van der Waals surface area contributed by atoms with Crippen molar-refractivity contribution in [1.29, 1.82) is 0 Å². The Morgan fingerprint density at radius 3 is 2.28 bits per heavy atom. The summed E-state index contributed by atoms with van der Waals surface area (Å²) in [5.41, 5.74) is 0.532. The molecule has 1 aromatic heterocycles. The first kappa shape index (κ1) is 17.1. The third-order valence-corrected chi connectivity index (χ3v) is 3.63. The molecule has 3 rings (SSSR count). The Balaban J connectivity index is 2.32. The first-order chi connectivity index (χ1) is 11.8. The van der Waals surface area contributed by atoms with Gasteiger partial charge < -0.3 is 9.47 Å². The van der Waals surface area contributed by atoms with Crippen LogP contribution in [-0.4, -0.2) is 17.7 Å². The van der Waals surface area contributed by atoms with E-state index in [0.717, 1.165) is 11.5 Å². The lowest BCUT2D eigenvalue weighted by Gasteiger charge is -2.22. The van der Waals surface area contributed by atoms with Crippen LogP contribution in [-0.2, 0) is 0 Å². The summed E-state index contributed by atoms with van der Waals surface area (Å²) in [6, 6.07) is 8.86. The smallest absolute Gasteiger partial charge is 0.222 e. The monoisotopic (exact) mass is 343 g/mol. The van der Waals surface area contributed by atoms with Gasteiger partial charge in [-0.15, -0.1) is 0 Å². The van der Waals surface area contributed by atoms with Gasteiger partial charge in [0.1, 0.15) is 23.0 Å². The molecule has 3 nitrogen and oxygen atoms in total. The molecule has 1 heterocycles. The molecule has 2 aromatic carbocycles. The zero-order chi connectivity index (χ0) is 18.2. The predicted molar refractivity (Wildman–Crippen MR) is 94.0 cm³/mol. The van der Waals surface area contributed by atoms with Crippen molar-refractivity contribution >= 4 is 10.8 Å². The van der Waals surface area contributed by atoms with Crippen LogP contribution in [0.1, 0.15) is 20.8 Å². The number of fused-ring (bicyclic) bond motifs is 1. The number of hydrogen-bond acceptors (Lipinski definition) is 3. The van der Waals surface area contributed by atoms with E-state index in [0.29, 0.717) is 28.1 Å².